The number of ether oxygens (including phenoxy) is 3. The number of nitrogens with one attached hydrogen (secondary N) is 1. The Labute approximate surface area is 253 Å². The summed E-state index contributed by atoms with van der Waals surface area (Å²) < 4.78 is 71.7. The lowest BCUT2D eigenvalue weighted by molar-refractivity contribution is -0.0617. The average Bonchev–Trinajstić information content (AvgIpc) is 3.75. The molecule has 10 atom stereocenters. The Kier molecular flexibility index (Phi) is 7.84. The van der Waals surface area contributed by atoms with Crippen LogP contribution >= 0.6 is 16.1 Å². The fourth-order valence-electron chi connectivity index (χ4n) is 5.48. The zero-order chi connectivity index (χ0) is 31.6. The number of imidazole rings is 2. The zero-order valence-corrected chi connectivity index (χ0v) is 24.8. The largest absolute Gasteiger partial charge is 0.472 e. The van der Waals surface area contributed by atoms with Gasteiger partial charge in [0.2, 0.25) is 5.95 Å². The number of halogens is 1. The number of rotatable bonds is 3. The number of anilines is 2. The molecule has 2 bridgehead atoms. The van der Waals surface area contributed by atoms with Crippen molar-refractivity contribution in [1.82, 2.24) is 39.0 Å². The van der Waals surface area contributed by atoms with E-state index in [0.717, 1.165) is 0 Å². The SMILES string of the molecule is [B][P@]1OCC2O[C@@H](n3cnc4c(N)ncnc43)C(F)[C@H]2OP(=O)(O)OCC2O[C@@H](n3cnc4c(=O)[nH]c(N)nc43)C(O1)[C@H]2OC. The van der Waals surface area contributed by atoms with Gasteiger partial charge in [-0.25, -0.2) is 28.9 Å². The van der Waals surface area contributed by atoms with Crippen LogP contribution in [0.2, 0.25) is 0 Å². The first kappa shape index (κ1) is 30.5. The molecule has 20 nitrogen and oxygen atoms in total. The molecule has 3 fully saturated rings. The first-order chi connectivity index (χ1) is 21.5. The van der Waals surface area contributed by atoms with Gasteiger partial charge in [0.05, 0.1) is 25.9 Å². The molecule has 0 aliphatic carbocycles. The summed E-state index contributed by atoms with van der Waals surface area (Å²) >= 11 is 0. The fraction of sp³-hybridized carbons (Fsp3) is 0.524. The molecule has 7 heterocycles. The van der Waals surface area contributed by atoms with Crippen molar-refractivity contribution >= 4 is 57.7 Å². The molecular weight excluding hydrogens is 644 g/mol. The second-order valence-electron chi connectivity index (χ2n) is 10.1. The number of H-pyrrole nitrogens is 1. The lowest BCUT2D eigenvalue weighted by Gasteiger charge is -2.27. The highest BCUT2D eigenvalue weighted by molar-refractivity contribution is 7.74. The predicted molar refractivity (Wildman–Crippen MR) is 150 cm³/mol. The van der Waals surface area contributed by atoms with Crippen molar-refractivity contribution in [2.75, 3.05) is 31.8 Å². The molecule has 0 saturated carbocycles. The van der Waals surface area contributed by atoms with E-state index in [-0.39, 0.29) is 34.1 Å². The van der Waals surface area contributed by atoms with Gasteiger partial charge < -0.3 is 39.6 Å². The Balaban J connectivity index is 1.19. The van der Waals surface area contributed by atoms with E-state index in [1.54, 1.807) is 0 Å². The second kappa shape index (κ2) is 11.6. The number of nitrogens with zero attached hydrogens (tertiary/aromatic N) is 7. The summed E-state index contributed by atoms with van der Waals surface area (Å²) in [6.45, 7) is -1.01. The molecule has 0 aromatic carbocycles. The minimum atomic E-state index is -4.98. The number of alkyl halides is 1. The first-order valence-electron chi connectivity index (χ1n) is 13.2. The lowest BCUT2D eigenvalue weighted by Crippen LogP contribution is -2.37. The first-order valence-corrected chi connectivity index (χ1v) is 15.9. The van der Waals surface area contributed by atoms with E-state index in [9.17, 15) is 14.3 Å². The Hall–Kier alpha value is -3.17. The van der Waals surface area contributed by atoms with Crippen LogP contribution in [0.5, 0.6) is 0 Å². The highest BCUT2D eigenvalue weighted by Gasteiger charge is 2.53. The second-order valence-corrected chi connectivity index (χ2v) is 12.6. The number of phosphoric acid groups is 1. The summed E-state index contributed by atoms with van der Waals surface area (Å²) in [5.41, 5.74) is 11.4. The van der Waals surface area contributed by atoms with Gasteiger partial charge in [-0.1, -0.05) is 0 Å². The van der Waals surface area contributed by atoms with Gasteiger partial charge in [0.25, 0.3) is 5.56 Å². The Morgan fingerprint density at radius 2 is 1.82 bits per heavy atom. The summed E-state index contributed by atoms with van der Waals surface area (Å²) in [4.78, 5) is 45.7. The summed E-state index contributed by atoms with van der Waals surface area (Å²) in [6, 6.07) is 0. The highest BCUT2D eigenvalue weighted by Crippen LogP contribution is 2.52. The van der Waals surface area contributed by atoms with Gasteiger partial charge >= 0.3 is 7.82 Å². The molecule has 45 heavy (non-hydrogen) atoms. The van der Waals surface area contributed by atoms with Gasteiger partial charge in [0, 0.05) is 7.11 Å². The highest BCUT2D eigenvalue weighted by atomic mass is 31.2. The minimum Gasteiger partial charge on any atom is -0.382 e. The van der Waals surface area contributed by atoms with E-state index in [0.29, 0.717) is 0 Å². The van der Waals surface area contributed by atoms with Crippen LogP contribution in [0.1, 0.15) is 12.5 Å². The molecule has 2 radical (unpaired) electrons. The van der Waals surface area contributed by atoms with Gasteiger partial charge in [-0.05, 0) is 0 Å². The van der Waals surface area contributed by atoms with Crippen molar-refractivity contribution in [1.29, 1.82) is 0 Å². The zero-order valence-electron chi connectivity index (χ0n) is 23.0. The molecule has 7 rings (SSSR count). The van der Waals surface area contributed by atoms with E-state index in [1.165, 1.54) is 35.2 Å². The monoisotopic (exact) mass is 668 g/mol. The van der Waals surface area contributed by atoms with E-state index in [2.05, 4.69) is 29.9 Å². The van der Waals surface area contributed by atoms with Crippen LogP contribution in [0.25, 0.3) is 22.3 Å². The van der Waals surface area contributed by atoms with Gasteiger partial charge in [-0.15, -0.1) is 0 Å². The normalized spacial score (nSPS) is 36.0. The van der Waals surface area contributed by atoms with Crippen molar-refractivity contribution in [2.24, 2.45) is 0 Å². The van der Waals surface area contributed by atoms with Gasteiger partial charge in [0.15, 0.2) is 48.8 Å². The van der Waals surface area contributed by atoms with Crippen LogP contribution in [0.15, 0.2) is 23.8 Å². The maximum Gasteiger partial charge on any atom is 0.472 e. The number of aromatic amines is 1. The van der Waals surface area contributed by atoms with E-state index in [4.69, 9.17) is 51.3 Å². The van der Waals surface area contributed by atoms with E-state index < -0.39 is 84.0 Å². The molecule has 3 aliphatic heterocycles. The number of hydrogen-bond acceptors (Lipinski definition) is 16. The summed E-state index contributed by atoms with van der Waals surface area (Å²) in [5.74, 6) is -0.110. The molecule has 238 valence electrons. The maximum atomic E-state index is 16.0. The van der Waals surface area contributed by atoms with Crippen LogP contribution in [-0.2, 0) is 36.9 Å². The third kappa shape index (κ3) is 5.40. The fourth-order valence-corrected chi connectivity index (χ4v) is 7.25. The van der Waals surface area contributed by atoms with Crippen molar-refractivity contribution in [3.63, 3.8) is 0 Å². The molecule has 6 N–H and O–H groups in total. The quantitative estimate of drug-likeness (QED) is 0.160. The third-order valence-electron chi connectivity index (χ3n) is 7.46. The molecule has 0 spiro atoms. The van der Waals surface area contributed by atoms with Crippen molar-refractivity contribution in [2.45, 2.75) is 49.1 Å². The van der Waals surface area contributed by atoms with Gasteiger partial charge in [-0.3, -0.25) is 28.0 Å². The topological polar surface area (TPSA) is 261 Å². The van der Waals surface area contributed by atoms with Crippen molar-refractivity contribution in [3.8, 4) is 0 Å². The molecule has 0 amide bonds. The molecule has 24 heteroatoms. The van der Waals surface area contributed by atoms with Crippen LogP contribution in [0.3, 0.4) is 0 Å². The number of methoxy groups -OCH3 is 1. The van der Waals surface area contributed by atoms with E-state index in [1.807, 2.05) is 0 Å². The van der Waals surface area contributed by atoms with Gasteiger partial charge in [0.1, 0.15) is 50.6 Å². The number of fused-ring (bicyclic) bond motifs is 5. The third-order valence-corrected chi connectivity index (χ3v) is 9.30. The molecule has 4 aromatic rings. The van der Waals surface area contributed by atoms with Crippen LogP contribution < -0.4 is 17.0 Å². The Morgan fingerprint density at radius 1 is 1.09 bits per heavy atom. The standard InChI is InChI=1S/C21H24BFN10O10P2/c1-37-13-8-3-39-45(35,36)43-12-7(40-19(9(12)23)32-5-28-10-15(24)26-4-27-16(10)32)2-38-44(22)42-14(13)20(41-8)33-6-29-11-17(33)30-21(25)31-18(11)34/h4-9,12-14,19-20H,2-3H2,1H3,(H,35,36)(H2,24,26,27)(H3,25,30,31,34)/t7?,8?,9?,12-,13-,14?,19+,20+,44+/m0/s1. The average molecular weight is 668 g/mol. The summed E-state index contributed by atoms with van der Waals surface area (Å²) in [7, 11) is 0.369. The van der Waals surface area contributed by atoms with Gasteiger partial charge in [-0.2, -0.15) is 4.98 Å². The number of nitrogens with two attached hydrogens (primary N) is 2. The van der Waals surface area contributed by atoms with Crippen molar-refractivity contribution in [3.05, 3.63) is 29.3 Å². The summed E-state index contributed by atoms with van der Waals surface area (Å²) in [5, 5.41) is 0. The minimum absolute atomic E-state index is 0.0336. The van der Waals surface area contributed by atoms with Crippen LogP contribution in [0, 0.1) is 0 Å². The Bertz CT molecular complexity index is 1850. The smallest absolute Gasteiger partial charge is 0.382 e. The molecule has 3 aliphatic rings. The van der Waals surface area contributed by atoms with E-state index >= 15 is 4.39 Å². The summed E-state index contributed by atoms with van der Waals surface area (Å²) in [6.07, 6.45) is -6.86. The molecule has 5 unspecified atom stereocenters. The Morgan fingerprint density at radius 3 is 2.60 bits per heavy atom. The van der Waals surface area contributed by atoms with Crippen LogP contribution in [0.4, 0.5) is 16.2 Å². The van der Waals surface area contributed by atoms with Crippen LogP contribution in [-0.4, -0.2) is 109 Å². The molecule has 3 saturated heterocycles. The molecule has 4 aromatic heterocycles. The number of nitrogen functional groups attached to an aromatic ring is 2. The lowest BCUT2D eigenvalue weighted by atomic mass is 10.1. The predicted octanol–water partition coefficient (Wildman–Crippen LogP) is -0.415. The number of phosphoric ester groups is 1. The van der Waals surface area contributed by atoms with Crippen molar-refractivity contribution < 1.29 is 46.2 Å². The number of hydrogen-bond donors (Lipinski definition) is 4. The molecular formula is C21H24BFN10O10P2. The number of aromatic nitrogens is 8. The maximum absolute atomic E-state index is 16.0.